The number of rotatable bonds is 5. The molecule has 0 bridgehead atoms. The van der Waals surface area contributed by atoms with Crippen LogP contribution >= 0.6 is 0 Å². The van der Waals surface area contributed by atoms with E-state index in [4.69, 9.17) is 0 Å². The fourth-order valence-electron chi connectivity index (χ4n) is 1.82. The maximum Gasteiger partial charge on any atom is 0.0627 e. The molecule has 1 aromatic rings. The van der Waals surface area contributed by atoms with Crippen LogP contribution in [0, 0.1) is 11.8 Å². The second-order valence-electron chi connectivity index (χ2n) is 6.32. The lowest BCUT2D eigenvalue weighted by atomic mass is 9.90. The molecule has 0 fully saturated rings. The molecule has 1 heterocycles. The minimum absolute atomic E-state index is 0.192. The van der Waals surface area contributed by atoms with Crippen molar-refractivity contribution in [2.24, 2.45) is 18.9 Å². The minimum atomic E-state index is 0.192. The third kappa shape index (κ3) is 5.35. The van der Waals surface area contributed by atoms with Crippen molar-refractivity contribution in [2.75, 3.05) is 6.54 Å². The van der Waals surface area contributed by atoms with Crippen molar-refractivity contribution in [3.8, 4) is 0 Å². The summed E-state index contributed by atoms with van der Waals surface area (Å²) >= 11 is 0. The van der Waals surface area contributed by atoms with Gasteiger partial charge in [0.1, 0.15) is 0 Å². The average molecular weight is 237 g/mol. The van der Waals surface area contributed by atoms with Gasteiger partial charge in [-0.2, -0.15) is 5.10 Å². The van der Waals surface area contributed by atoms with E-state index in [-0.39, 0.29) is 5.54 Å². The number of aryl methyl sites for hydroxylation is 1. The summed E-state index contributed by atoms with van der Waals surface area (Å²) in [6.07, 6.45) is 3.07. The third-order valence-electron chi connectivity index (χ3n) is 3.08. The molecule has 98 valence electrons. The van der Waals surface area contributed by atoms with Gasteiger partial charge in [0.2, 0.25) is 0 Å². The largest absolute Gasteiger partial charge is 0.312 e. The lowest BCUT2D eigenvalue weighted by molar-refractivity contribution is 0.310. The molecule has 0 saturated heterocycles. The Hall–Kier alpha value is -0.830. The van der Waals surface area contributed by atoms with Crippen molar-refractivity contribution < 1.29 is 0 Å². The number of nitrogens with one attached hydrogen (secondary N) is 1. The third-order valence-corrected chi connectivity index (χ3v) is 3.08. The lowest BCUT2D eigenvalue weighted by Crippen LogP contribution is -2.40. The molecule has 3 heteroatoms. The molecule has 0 aromatic carbocycles. The summed E-state index contributed by atoms with van der Waals surface area (Å²) in [5.74, 6) is 1.32. The SMILES string of the molecule is CC(C)C(CNC(C)(C)C)Cc1ccn(C)n1. The highest BCUT2D eigenvalue weighted by Crippen LogP contribution is 2.16. The minimum Gasteiger partial charge on any atom is -0.312 e. The van der Waals surface area contributed by atoms with E-state index in [0.717, 1.165) is 13.0 Å². The van der Waals surface area contributed by atoms with Crippen molar-refractivity contribution in [3.05, 3.63) is 18.0 Å². The van der Waals surface area contributed by atoms with E-state index in [0.29, 0.717) is 11.8 Å². The lowest BCUT2D eigenvalue weighted by Gasteiger charge is -2.27. The molecule has 3 nitrogen and oxygen atoms in total. The fourth-order valence-corrected chi connectivity index (χ4v) is 1.82. The van der Waals surface area contributed by atoms with Crippen LogP contribution in [0.2, 0.25) is 0 Å². The van der Waals surface area contributed by atoms with Crippen molar-refractivity contribution in [2.45, 2.75) is 46.6 Å². The maximum absolute atomic E-state index is 4.47. The highest BCUT2D eigenvalue weighted by Gasteiger charge is 2.18. The normalized spacial score (nSPS) is 14.3. The smallest absolute Gasteiger partial charge is 0.0627 e. The Balaban J connectivity index is 2.55. The van der Waals surface area contributed by atoms with Gasteiger partial charge in [0.05, 0.1) is 5.69 Å². The van der Waals surface area contributed by atoms with Crippen molar-refractivity contribution >= 4 is 0 Å². The molecule has 1 unspecified atom stereocenters. The van der Waals surface area contributed by atoms with Gasteiger partial charge < -0.3 is 5.32 Å². The Morgan fingerprint density at radius 3 is 2.41 bits per heavy atom. The van der Waals surface area contributed by atoms with Crippen molar-refractivity contribution in [1.29, 1.82) is 0 Å². The molecule has 1 aromatic heterocycles. The molecule has 0 aliphatic carbocycles. The van der Waals surface area contributed by atoms with Crippen LogP contribution in [0.3, 0.4) is 0 Å². The van der Waals surface area contributed by atoms with Crippen LogP contribution in [-0.4, -0.2) is 21.9 Å². The van der Waals surface area contributed by atoms with Gasteiger partial charge in [0, 0.05) is 18.8 Å². The molecular weight excluding hydrogens is 210 g/mol. The second kappa shape index (κ2) is 5.67. The van der Waals surface area contributed by atoms with Gasteiger partial charge in [-0.3, -0.25) is 4.68 Å². The number of nitrogens with zero attached hydrogens (tertiary/aromatic N) is 2. The second-order valence-corrected chi connectivity index (χ2v) is 6.32. The van der Waals surface area contributed by atoms with E-state index < -0.39 is 0 Å². The Morgan fingerprint density at radius 1 is 1.35 bits per heavy atom. The van der Waals surface area contributed by atoms with E-state index in [1.807, 2.05) is 17.9 Å². The molecule has 0 aliphatic rings. The highest BCUT2D eigenvalue weighted by atomic mass is 15.2. The van der Waals surface area contributed by atoms with Crippen molar-refractivity contribution in [1.82, 2.24) is 15.1 Å². The van der Waals surface area contributed by atoms with E-state index in [2.05, 4.69) is 51.1 Å². The van der Waals surface area contributed by atoms with Crippen LogP contribution in [0.1, 0.15) is 40.3 Å². The van der Waals surface area contributed by atoms with Gasteiger partial charge >= 0.3 is 0 Å². The first-order chi connectivity index (χ1) is 7.78. The van der Waals surface area contributed by atoms with E-state index in [9.17, 15) is 0 Å². The van der Waals surface area contributed by atoms with Gasteiger partial charge in [-0.1, -0.05) is 13.8 Å². The maximum atomic E-state index is 4.47. The predicted molar refractivity (Wildman–Crippen MR) is 73.0 cm³/mol. The van der Waals surface area contributed by atoms with Crippen LogP contribution in [0.5, 0.6) is 0 Å². The molecule has 1 rings (SSSR count). The van der Waals surface area contributed by atoms with E-state index in [1.165, 1.54) is 5.69 Å². The zero-order valence-electron chi connectivity index (χ0n) is 12.1. The topological polar surface area (TPSA) is 29.9 Å². The molecule has 17 heavy (non-hydrogen) atoms. The van der Waals surface area contributed by atoms with Crippen LogP contribution in [0.4, 0.5) is 0 Å². The van der Waals surface area contributed by atoms with Crippen LogP contribution in [0.15, 0.2) is 12.3 Å². The Labute approximate surface area is 106 Å². The van der Waals surface area contributed by atoms with Gasteiger partial charge in [-0.15, -0.1) is 0 Å². The molecule has 0 radical (unpaired) electrons. The predicted octanol–water partition coefficient (Wildman–Crippen LogP) is 2.62. The molecule has 0 aliphatic heterocycles. The summed E-state index contributed by atoms with van der Waals surface area (Å²) in [6.45, 7) is 12.3. The number of hydrogen-bond acceptors (Lipinski definition) is 2. The number of hydrogen-bond donors (Lipinski definition) is 1. The van der Waals surface area contributed by atoms with Crippen LogP contribution < -0.4 is 5.32 Å². The summed E-state index contributed by atoms with van der Waals surface area (Å²) in [7, 11) is 1.97. The van der Waals surface area contributed by atoms with Crippen LogP contribution in [-0.2, 0) is 13.5 Å². The summed E-state index contributed by atoms with van der Waals surface area (Å²) in [5, 5.41) is 8.06. The molecule has 1 N–H and O–H groups in total. The molecular formula is C14H27N3. The molecule has 0 spiro atoms. The molecule has 0 amide bonds. The number of aromatic nitrogens is 2. The Bertz CT molecular complexity index is 333. The zero-order valence-corrected chi connectivity index (χ0v) is 12.1. The van der Waals surface area contributed by atoms with E-state index >= 15 is 0 Å². The molecule has 0 saturated carbocycles. The Morgan fingerprint density at radius 2 is 2.00 bits per heavy atom. The van der Waals surface area contributed by atoms with E-state index in [1.54, 1.807) is 0 Å². The summed E-state index contributed by atoms with van der Waals surface area (Å²) in [5.41, 5.74) is 1.39. The first-order valence-electron chi connectivity index (χ1n) is 6.51. The summed E-state index contributed by atoms with van der Waals surface area (Å²) in [6, 6.07) is 2.12. The first kappa shape index (κ1) is 14.2. The first-order valence-corrected chi connectivity index (χ1v) is 6.51. The molecule has 1 atom stereocenters. The monoisotopic (exact) mass is 237 g/mol. The average Bonchev–Trinajstić information content (AvgIpc) is 2.56. The summed E-state index contributed by atoms with van der Waals surface area (Å²) in [4.78, 5) is 0. The zero-order chi connectivity index (χ0) is 13.1. The van der Waals surface area contributed by atoms with Crippen molar-refractivity contribution in [3.63, 3.8) is 0 Å². The van der Waals surface area contributed by atoms with Gasteiger partial charge in [0.25, 0.3) is 0 Å². The quantitative estimate of drug-likeness (QED) is 0.853. The fraction of sp³-hybridized carbons (Fsp3) is 0.786. The summed E-state index contributed by atoms with van der Waals surface area (Å²) < 4.78 is 1.88. The Kier molecular flexibility index (Phi) is 4.75. The van der Waals surface area contributed by atoms with Gasteiger partial charge in [0.15, 0.2) is 0 Å². The van der Waals surface area contributed by atoms with Gasteiger partial charge in [-0.05, 0) is 51.6 Å². The van der Waals surface area contributed by atoms with Gasteiger partial charge in [-0.25, -0.2) is 0 Å². The standard InChI is InChI=1S/C14H27N3/c1-11(2)12(10-15-14(3,4)5)9-13-7-8-17(6)16-13/h7-8,11-12,15H,9-10H2,1-6H3. The van der Waals surface area contributed by atoms with Crippen LogP contribution in [0.25, 0.3) is 0 Å². The highest BCUT2D eigenvalue weighted by molar-refractivity contribution is 5.00.